The van der Waals surface area contributed by atoms with Crippen molar-refractivity contribution in [2.45, 2.75) is 26.3 Å². The molecule has 0 spiro atoms. The van der Waals surface area contributed by atoms with Crippen molar-refractivity contribution < 1.29 is 9.21 Å². The number of amides is 1. The minimum atomic E-state index is -0.236. The molecule has 0 aliphatic rings. The molecule has 20 heavy (non-hydrogen) atoms. The SMILES string of the molecule is CCNc1cnc(C(=O)NC(C)Cc2ccco2)cn1. The van der Waals surface area contributed by atoms with E-state index in [1.54, 1.807) is 12.5 Å². The summed E-state index contributed by atoms with van der Waals surface area (Å²) in [6.45, 7) is 4.65. The second-order valence-electron chi connectivity index (χ2n) is 4.48. The quantitative estimate of drug-likeness (QED) is 0.840. The van der Waals surface area contributed by atoms with Gasteiger partial charge in [0.2, 0.25) is 0 Å². The molecule has 0 saturated heterocycles. The fourth-order valence-corrected chi connectivity index (χ4v) is 1.80. The highest BCUT2D eigenvalue weighted by molar-refractivity contribution is 5.92. The van der Waals surface area contributed by atoms with Gasteiger partial charge < -0.3 is 15.1 Å². The lowest BCUT2D eigenvalue weighted by Crippen LogP contribution is -2.34. The van der Waals surface area contributed by atoms with E-state index in [1.165, 1.54) is 6.20 Å². The van der Waals surface area contributed by atoms with Crippen LogP contribution in [0, 0.1) is 0 Å². The molecule has 1 unspecified atom stereocenters. The van der Waals surface area contributed by atoms with Gasteiger partial charge in [-0.3, -0.25) is 4.79 Å². The lowest BCUT2D eigenvalue weighted by Gasteiger charge is -2.12. The average Bonchev–Trinajstić information content (AvgIpc) is 2.92. The van der Waals surface area contributed by atoms with Gasteiger partial charge in [-0.25, -0.2) is 9.97 Å². The Labute approximate surface area is 117 Å². The van der Waals surface area contributed by atoms with E-state index < -0.39 is 0 Å². The molecule has 1 amide bonds. The zero-order chi connectivity index (χ0) is 14.4. The summed E-state index contributed by atoms with van der Waals surface area (Å²) in [5.74, 6) is 1.26. The standard InChI is InChI=1S/C14H18N4O2/c1-3-15-13-9-16-12(8-17-13)14(19)18-10(2)7-11-5-4-6-20-11/h4-6,8-10H,3,7H2,1-2H3,(H,15,17)(H,18,19). The Morgan fingerprint density at radius 1 is 1.40 bits per heavy atom. The average molecular weight is 274 g/mol. The number of hydrogen-bond acceptors (Lipinski definition) is 5. The Hall–Kier alpha value is -2.37. The van der Waals surface area contributed by atoms with E-state index in [4.69, 9.17) is 4.42 Å². The number of anilines is 1. The first-order valence-electron chi connectivity index (χ1n) is 6.58. The van der Waals surface area contributed by atoms with Crippen molar-refractivity contribution in [3.8, 4) is 0 Å². The summed E-state index contributed by atoms with van der Waals surface area (Å²) in [4.78, 5) is 20.2. The van der Waals surface area contributed by atoms with Crippen LogP contribution >= 0.6 is 0 Å². The maximum absolute atomic E-state index is 12.0. The van der Waals surface area contributed by atoms with Crippen molar-refractivity contribution in [3.63, 3.8) is 0 Å². The molecule has 1 atom stereocenters. The molecular weight excluding hydrogens is 256 g/mol. The van der Waals surface area contributed by atoms with Gasteiger partial charge >= 0.3 is 0 Å². The van der Waals surface area contributed by atoms with Crippen LogP contribution in [0.5, 0.6) is 0 Å². The highest BCUT2D eigenvalue weighted by Crippen LogP contribution is 2.05. The fraction of sp³-hybridized carbons (Fsp3) is 0.357. The van der Waals surface area contributed by atoms with Gasteiger partial charge in [0, 0.05) is 19.0 Å². The summed E-state index contributed by atoms with van der Waals surface area (Å²) in [7, 11) is 0. The highest BCUT2D eigenvalue weighted by atomic mass is 16.3. The molecule has 2 aromatic rings. The predicted molar refractivity (Wildman–Crippen MR) is 75.5 cm³/mol. The van der Waals surface area contributed by atoms with Crippen LogP contribution in [-0.2, 0) is 6.42 Å². The van der Waals surface area contributed by atoms with Gasteiger partial charge in [0.05, 0.1) is 18.7 Å². The van der Waals surface area contributed by atoms with Gasteiger partial charge in [-0.05, 0) is 26.0 Å². The first kappa shape index (κ1) is 14.0. The van der Waals surface area contributed by atoms with Gasteiger partial charge in [0.25, 0.3) is 5.91 Å². The topological polar surface area (TPSA) is 80.0 Å². The number of rotatable bonds is 6. The second-order valence-corrected chi connectivity index (χ2v) is 4.48. The van der Waals surface area contributed by atoms with Gasteiger partial charge in [0.15, 0.2) is 0 Å². The van der Waals surface area contributed by atoms with Crippen LogP contribution in [0.1, 0.15) is 30.1 Å². The number of nitrogens with zero attached hydrogens (tertiary/aromatic N) is 2. The van der Waals surface area contributed by atoms with Gasteiger partial charge in [-0.15, -0.1) is 0 Å². The number of nitrogens with one attached hydrogen (secondary N) is 2. The number of furan rings is 1. The van der Waals surface area contributed by atoms with Gasteiger partial charge in [-0.2, -0.15) is 0 Å². The summed E-state index contributed by atoms with van der Waals surface area (Å²) in [5.41, 5.74) is 0.304. The summed E-state index contributed by atoms with van der Waals surface area (Å²) in [6, 6.07) is 3.67. The lowest BCUT2D eigenvalue weighted by molar-refractivity contribution is 0.0934. The zero-order valence-electron chi connectivity index (χ0n) is 11.6. The van der Waals surface area contributed by atoms with Crippen molar-refractivity contribution in [2.75, 3.05) is 11.9 Å². The molecule has 0 saturated carbocycles. The largest absolute Gasteiger partial charge is 0.469 e. The van der Waals surface area contributed by atoms with Gasteiger partial charge in [0.1, 0.15) is 17.3 Å². The third-order valence-electron chi connectivity index (χ3n) is 2.71. The number of carbonyl (C=O) groups excluding carboxylic acids is 1. The van der Waals surface area contributed by atoms with Crippen LogP contribution < -0.4 is 10.6 Å². The first-order valence-corrected chi connectivity index (χ1v) is 6.58. The molecule has 2 rings (SSSR count). The van der Waals surface area contributed by atoms with E-state index in [1.807, 2.05) is 26.0 Å². The molecule has 0 aromatic carbocycles. The van der Waals surface area contributed by atoms with Crippen LogP contribution in [0.2, 0.25) is 0 Å². The molecule has 2 aromatic heterocycles. The number of aromatic nitrogens is 2. The van der Waals surface area contributed by atoms with Crippen molar-refractivity contribution in [1.82, 2.24) is 15.3 Å². The van der Waals surface area contributed by atoms with Crippen LogP contribution in [0.15, 0.2) is 35.2 Å². The van der Waals surface area contributed by atoms with Crippen LogP contribution in [0.25, 0.3) is 0 Å². The van der Waals surface area contributed by atoms with E-state index in [2.05, 4.69) is 20.6 Å². The summed E-state index contributed by atoms with van der Waals surface area (Å²) >= 11 is 0. The van der Waals surface area contributed by atoms with Crippen LogP contribution in [0.3, 0.4) is 0 Å². The van der Waals surface area contributed by atoms with Crippen molar-refractivity contribution >= 4 is 11.7 Å². The van der Waals surface area contributed by atoms with E-state index in [-0.39, 0.29) is 11.9 Å². The molecular formula is C14H18N4O2. The van der Waals surface area contributed by atoms with E-state index in [0.29, 0.717) is 17.9 Å². The molecule has 0 bridgehead atoms. The maximum atomic E-state index is 12.0. The highest BCUT2D eigenvalue weighted by Gasteiger charge is 2.12. The Bertz CT molecular complexity index is 537. The fourth-order valence-electron chi connectivity index (χ4n) is 1.80. The van der Waals surface area contributed by atoms with E-state index >= 15 is 0 Å². The van der Waals surface area contributed by atoms with Gasteiger partial charge in [-0.1, -0.05) is 0 Å². The molecule has 106 valence electrons. The molecule has 0 radical (unpaired) electrons. The van der Waals surface area contributed by atoms with Crippen LogP contribution in [0.4, 0.5) is 5.82 Å². The Morgan fingerprint density at radius 2 is 2.25 bits per heavy atom. The number of carbonyl (C=O) groups is 1. The Morgan fingerprint density at radius 3 is 2.85 bits per heavy atom. The first-order chi connectivity index (χ1) is 9.69. The maximum Gasteiger partial charge on any atom is 0.271 e. The zero-order valence-corrected chi connectivity index (χ0v) is 11.6. The van der Waals surface area contributed by atoms with E-state index in [0.717, 1.165) is 12.3 Å². The normalized spacial score (nSPS) is 11.9. The second kappa shape index (κ2) is 6.70. The molecule has 6 heteroatoms. The predicted octanol–water partition coefficient (Wildman–Crippen LogP) is 1.86. The Kier molecular flexibility index (Phi) is 4.70. The van der Waals surface area contributed by atoms with E-state index in [9.17, 15) is 4.79 Å². The molecule has 2 N–H and O–H groups in total. The summed E-state index contributed by atoms with van der Waals surface area (Å²) < 4.78 is 5.25. The third-order valence-corrected chi connectivity index (χ3v) is 2.71. The molecule has 0 fully saturated rings. The minimum Gasteiger partial charge on any atom is -0.469 e. The monoisotopic (exact) mass is 274 g/mol. The van der Waals surface area contributed by atoms with Crippen molar-refractivity contribution in [2.24, 2.45) is 0 Å². The summed E-state index contributed by atoms with van der Waals surface area (Å²) in [6.07, 6.45) is 5.28. The number of hydrogen-bond donors (Lipinski definition) is 2. The van der Waals surface area contributed by atoms with Crippen LogP contribution in [-0.4, -0.2) is 28.5 Å². The molecule has 6 nitrogen and oxygen atoms in total. The van der Waals surface area contributed by atoms with Crippen molar-refractivity contribution in [3.05, 3.63) is 42.2 Å². The summed E-state index contributed by atoms with van der Waals surface area (Å²) in [5, 5.41) is 5.89. The molecule has 0 aliphatic carbocycles. The molecule has 0 aliphatic heterocycles. The molecule has 2 heterocycles. The minimum absolute atomic E-state index is 0.0381. The third kappa shape index (κ3) is 3.81. The van der Waals surface area contributed by atoms with Crippen molar-refractivity contribution in [1.29, 1.82) is 0 Å². The Balaban J connectivity index is 1.90. The lowest BCUT2D eigenvalue weighted by atomic mass is 10.2. The smallest absolute Gasteiger partial charge is 0.271 e.